The van der Waals surface area contributed by atoms with Crippen LogP contribution in [0.15, 0.2) is 22.7 Å². The van der Waals surface area contributed by atoms with Crippen LogP contribution in [0.2, 0.25) is 5.02 Å². The topological polar surface area (TPSA) is 49.3 Å². The molecule has 0 radical (unpaired) electrons. The molecule has 1 aromatic carbocycles. The van der Waals surface area contributed by atoms with E-state index in [9.17, 15) is 4.79 Å². The number of amides is 1. The lowest BCUT2D eigenvalue weighted by atomic mass is 10.1. The number of carboxylic acid groups (broad SMARTS) is 1. The zero-order valence-corrected chi connectivity index (χ0v) is 9.60. The predicted octanol–water partition coefficient (Wildman–Crippen LogP) is 2.91. The molecule has 0 aliphatic heterocycles. The maximum atomic E-state index is 10.2. The van der Waals surface area contributed by atoms with Gasteiger partial charge in [-0.1, -0.05) is 33.6 Å². The van der Waals surface area contributed by atoms with Crippen molar-refractivity contribution in [2.45, 2.75) is 6.42 Å². The Kier molecular flexibility index (Phi) is 4.22. The fourth-order valence-corrected chi connectivity index (χ4v) is 1.91. The second kappa shape index (κ2) is 5.22. The minimum atomic E-state index is -1.00. The minimum Gasteiger partial charge on any atom is -0.465 e. The molecule has 76 valence electrons. The quantitative estimate of drug-likeness (QED) is 0.893. The molecule has 0 aliphatic rings. The summed E-state index contributed by atoms with van der Waals surface area (Å²) in [5, 5.41) is 11.3. The molecule has 0 atom stereocenters. The SMILES string of the molecule is O=C(O)NCCc1ccc(Cl)cc1Br. The van der Waals surface area contributed by atoms with Crippen LogP contribution >= 0.6 is 27.5 Å². The lowest BCUT2D eigenvalue weighted by Gasteiger charge is -2.04. The Balaban J connectivity index is 2.55. The summed E-state index contributed by atoms with van der Waals surface area (Å²) in [4.78, 5) is 10.2. The Hall–Kier alpha value is -0.740. The van der Waals surface area contributed by atoms with Crippen LogP contribution in [-0.4, -0.2) is 17.7 Å². The van der Waals surface area contributed by atoms with E-state index in [1.807, 2.05) is 6.07 Å². The van der Waals surface area contributed by atoms with Gasteiger partial charge in [-0.15, -0.1) is 0 Å². The highest BCUT2D eigenvalue weighted by Gasteiger charge is 2.01. The lowest BCUT2D eigenvalue weighted by molar-refractivity contribution is 0.194. The highest BCUT2D eigenvalue weighted by molar-refractivity contribution is 9.10. The molecule has 0 saturated heterocycles. The van der Waals surface area contributed by atoms with Gasteiger partial charge >= 0.3 is 6.09 Å². The van der Waals surface area contributed by atoms with Crippen molar-refractivity contribution in [3.05, 3.63) is 33.3 Å². The Labute approximate surface area is 95.2 Å². The molecule has 3 nitrogen and oxygen atoms in total. The van der Waals surface area contributed by atoms with Gasteiger partial charge in [0.1, 0.15) is 0 Å². The largest absolute Gasteiger partial charge is 0.465 e. The van der Waals surface area contributed by atoms with Crippen molar-refractivity contribution in [3.63, 3.8) is 0 Å². The Morgan fingerprint density at radius 1 is 1.57 bits per heavy atom. The Morgan fingerprint density at radius 2 is 2.29 bits per heavy atom. The van der Waals surface area contributed by atoms with Crippen molar-refractivity contribution in [2.24, 2.45) is 0 Å². The van der Waals surface area contributed by atoms with Crippen LogP contribution in [0.25, 0.3) is 0 Å². The molecular formula is C9H9BrClNO2. The summed E-state index contributed by atoms with van der Waals surface area (Å²) >= 11 is 9.12. The Morgan fingerprint density at radius 3 is 2.86 bits per heavy atom. The molecule has 14 heavy (non-hydrogen) atoms. The average Bonchev–Trinajstić information content (AvgIpc) is 2.08. The first kappa shape index (κ1) is 11.3. The van der Waals surface area contributed by atoms with Crippen LogP contribution < -0.4 is 5.32 Å². The molecule has 0 unspecified atom stereocenters. The van der Waals surface area contributed by atoms with Gasteiger partial charge in [-0.05, 0) is 24.1 Å². The molecular weight excluding hydrogens is 269 g/mol. The van der Waals surface area contributed by atoms with Crippen LogP contribution in [0.1, 0.15) is 5.56 Å². The van der Waals surface area contributed by atoms with Crippen molar-refractivity contribution in [2.75, 3.05) is 6.54 Å². The third kappa shape index (κ3) is 3.55. The summed E-state index contributed by atoms with van der Waals surface area (Å²) in [7, 11) is 0. The molecule has 5 heteroatoms. The minimum absolute atomic E-state index is 0.398. The van der Waals surface area contributed by atoms with Gasteiger partial charge in [0.15, 0.2) is 0 Å². The summed E-state index contributed by atoms with van der Waals surface area (Å²) in [6.45, 7) is 0.398. The zero-order valence-electron chi connectivity index (χ0n) is 7.26. The van der Waals surface area contributed by atoms with Crippen LogP contribution in [0, 0.1) is 0 Å². The van der Waals surface area contributed by atoms with Gasteiger partial charge in [0.2, 0.25) is 0 Å². The highest BCUT2D eigenvalue weighted by atomic mass is 79.9. The van der Waals surface area contributed by atoms with Crippen molar-refractivity contribution >= 4 is 33.6 Å². The van der Waals surface area contributed by atoms with Crippen molar-refractivity contribution in [1.29, 1.82) is 0 Å². The van der Waals surface area contributed by atoms with Crippen molar-refractivity contribution in [1.82, 2.24) is 5.32 Å². The van der Waals surface area contributed by atoms with Gasteiger partial charge in [0, 0.05) is 16.0 Å². The van der Waals surface area contributed by atoms with E-state index in [0.29, 0.717) is 18.0 Å². The van der Waals surface area contributed by atoms with E-state index in [1.165, 1.54) is 0 Å². The van der Waals surface area contributed by atoms with Gasteiger partial charge in [0.25, 0.3) is 0 Å². The molecule has 0 aliphatic carbocycles. The summed E-state index contributed by atoms with van der Waals surface area (Å²) in [5.74, 6) is 0. The van der Waals surface area contributed by atoms with E-state index in [-0.39, 0.29) is 0 Å². The van der Waals surface area contributed by atoms with Gasteiger partial charge < -0.3 is 10.4 Å². The van der Waals surface area contributed by atoms with E-state index < -0.39 is 6.09 Å². The van der Waals surface area contributed by atoms with Crippen LogP contribution in [0.3, 0.4) is 0 Å². The molecule has 0 bridgehead atoms. The number of nitrogens with one attached hydrogen (secondary N) is 1. The van der Waals surface area contributed by atoms with Crippen LogP contribution in [-0.2, 0) is 6.42 Å². The summed E-state index contributed by atoms with van der Waals surface area (Å²) in [6.07, 6.45) is -0.362. The number of carbonyl (C=O) groups is 1. The number of hydrogen-bond donors (Lipinski definition) is 2. The Bertz CT molecular complexity index is 344. The van der Waals surface area contributed by atoms with Gasteiger partial charge in [0.05, 0.1) is 0 Å². The molecule has 1 aromatic rings. The number of halogens is 2. The van der Waals surface area contributed by atoms with E-state index in [2.05, 4.69) is 21.2 Å². The second-order valence-corrected chi connectivity index (χ2v) is 4.01. The summed E-state index contributed by atoms with van der Waals surface area (Å²) in [6, 6.07) is 5.44. The first-order valence-corrected chi connectivity index (χ1v) is 5.17. The molecule has 0 heterocycles. The molecule has 0 fully saturated rings. The maximum absolute atomic E-state index is 10.2. The predicted molar refractivity (Wildman–Crippen MR) is 58.9 cm³/mol. The summed E-state index contributed by atoms with van der Waals surface area (Å²) in [5.41, 5.74) is 1.03. The molecule has 1 rings (SSSR count). The average molecular weight is 279 g/mol. The van der Waals surface area contributed by atoms with E-state index in [0.717, 1.165) is 10.0 Å². The van der Waals surface area contributed by atoms with Gasteiger partial charge in [-0.3, -0.25) is 0 Å². The monoisotopic (exact) mass is 277 g/mol. The highest BCUT2D eigenvalue weighted by Crippen LogP contribution is 2.21. The normalized spacial score (nSPS) is 9.86. The second-order valence-electron chi connectivity index (χ2n) is 2.72. The molecule has 0 saturated carbocycles. The lowest BCUT2D eigenvalue weighted by Crippen LogP contribution is -2.23. The molecule has 2 N–H and O–H groups in total. The molecule has 0 aromatic heterocycles. The fraction of sp³-hybridized carbons (Fsp3) is 0.222. The van der Waals surface area contributed by atoms with E-state index >= 15 is 0 Å². The number of rotatable bonds is 3. The van der Waals surface area contributed by atoms with Crippen LogP contribution in [0.4, 0.5) is 4.79 Å². The smallest absolute Gasteiger partial charge is 0.404 e. The molecule has 1 amide bonds. The number of hydrogen-bond acceptors (Lipinski definition) is 1. The standard InChI is InChI=1S/C9H9BrClNO2/c10-8-5-7(11)2-1-6(8)3-4-12-9(13)14/h1-2,5,12H,3-4H2,(H,13,14). The first-order chi connectivity index (χ1) is 6.59. The first-order valence-electron chi connectivity index (χ1n) is 4.00. The van der Waals surface area contributed by atoms with Crippen molar-refractivity contribution in [3.8, 4) is 0 Å². The third-order valence-corrected chi connectivity index (χ3v) is 2.66. The molecule has 0 spiro atoms. The van der Waals surface area contributed by atoms with Crippen LogP contribution in [0.5, 0.6) is 0 Å². The number of benzene rings is 1. The zero-order chi connectivity index (χ0) is 10.6. The van der Waals surface area contributed by atoms with E-state index in [1.54, 1.807) is 12.1 Å². The van der Waals surface area contributed by atoms with Gasteiger partial charge in [-0.2, -0.15) is 0 Å². The summed E-state index contributed by atoms with van der Waals surface area (Å²) < 4.78 is 0.900. The van der Waals surface area contributed by atoms with Crippen molar-refractivity contribution < 1.29 is 9.90 Å². The van der Waals surface area contributed by atoms with E-state index in [4.69, 9.17) is 16.7 Å². The third-order valence-electron chi connectivity index (χ3n) is 1.69. The van der Waals surface area contributed by atoms with Gasteiger partial charge in [-0.25, -0.2) is 4.79 Å². The fourth-order valence-electron chi connectivity index (χ4n) is 1.03. The maximum Gasteiger partial charge on any atom is 0.404 e.